The largest absolute Gasteiger partial charge is 0.494 e. The van der Waals surface area contributed by atoms with Crippen molar-refractivity contribution in [3.63, 3.8) is 0 Å². The van der Waals surface area contributed by atoms with Gasteiger partial charge in [0, 0.05) is 48.9 Å². The predicted molar refractivity (Wildman–Crippen MR) is 128 cm³/mol. The fraction of sp³-hybridized carbons (Fsp3) is 0.333. The number of nitrogens with zero attached hydrogens (tertiary/aromatic N) is 3. The molecule has 1 aromatic heterocycles. The number of carbonyl (C=O) groups excluding carboxylic acids is 1. The molecule has 0 radical (unpaired) electrons. The van der Waals surface area contributed by atoms with Gasteiger partial charge in [0.25, 0.3) is 5.91 Å². The van der Waals surface area contributed by atoms with Crippen molar-refractivity contribution in [3.8, 4) is 17.2 Å². The van der Waals surface area contributed by atoms with Crippen molar-refractivity contribution in [2.24, 2.45) is 0 Å². The van der Waals surface area contributed by atoms with Gasteiger partial charge in [-0.15, -0.1) is 12.4 Å². The number of rotatable bonds is 6. The Hall–Kier alpha value is -2.54. The first kappa shape index (κ1) is 24.1. The standard InChI is InChI=1S/C24H26ClN3O3.ClH/c1-3-30-21-9-7-18(8-10-21)24(29)28-13-11-27(12-14-28)16-22-17(2)31-23(26-22)19-5-4-6-20(25)15-19;/h4-10,15H,3,11-14,16H2,1-2H3;1H. The number of piperazine rings is 1. The Kier molecular flexibility index (Phi) is 8.18. The third kappa shape index (κ3) is 5.63. The van der Waals surface area contributed by atoms with Crippen LogP contribution >= 0.6 is 24.0 Å². The SMILES string of the molecule is CCOc1ccc(C(=O)N2CCN(Cc3nc(-c4cccc(Cl)c4)oc3C)CC2)cc1.Cl. The molecule has 0 saturated carbocycles. The summed E-state index contributed by atoms with van der Waals surface area (Å²) in [4.78, 5) is 21.7. The Morgan fingerprint density at radius 1 is 1.12 bits per heavy atom. The summed E-state index contributed by atoms with van der Waals surface area (Å²) in [6, 6.07) is 14.9. The number of amides is 1. The van der Waals surface area contributed by atoms with Crippen LogP contribution in [0.5, 0.6) is 5.75 Å². The van der Waals surface area contributed by atoms with Crippen LogP contribution in [0.4, 0.5) is 0 Å². The maximum absolute atomic E-state index is 12.8. The first-order chi connectivity index (χ1) is 15.0. The molecule has 1 amide bonds. The lowest BCUT2D eigenvalue weighted by atomic mass is 10.1. The van der Waals surface area contributed by atoms with E-state index in [1.807, 2.05) is 67.3 Å². The van der Waals surface area contributed by atoms with Crippen LogP contribution in [0.25, 0.3) is 11.5 Å². The topological polar surface area (TPSA) is 58.8 Å². The molecule has 0 aliphatic carbocycles. The Balaban J connectivity index is 0.00000289. The highest BCUT2D eigenvalue weighted by atomic mass is 35.5. The summed E-state index contributed by atoms with van der Waals surface area (Å²) in [5.74, 6) is 2.23. The van der Waals surface area contributed by atoms with Gasteiger partial charge in [0.05, 0.1) is 12.3 Å². The van der Waals surface area contributed by atoms with Gasteiger partial charge in [-0.3, -0.25) is 9.69 Å². The summed E-state index contributed by atoms with van der Waals surface area (Å²) in [6.07, 6.45) is 0. The van der Waals surface area contributed by atoms with Crippen molar-refractivity contribution in [3.05, 3.63) is 70.6 Å². The van der Waals surface area contributed by atoms with Gasteiger partial charge in [-0.05, 0) is 56.3 Å². The number of ether oxygens (including phenoxy) is 1. The van der Waals surface area contributed by atoms with Gasteiger partial charge < -0.3 is 14.1 Å². The monoisotopic (exact) mass is 475 g/mol. The van der Waals surface area contributed by atoms with Crippen LogP contribution in [0, 0.1) is 6.92 Å². The summed E-state index contributed by atoms with van der Waals surface area (Å²) in [6.45, 7) is 8.14. The number of hydrogen-bond donors (Lipinski definition) is 0. The summed E-state index contributed by atoms with van der Waals surface area (Å²) in [5.41, 5.74) is 2.48. The smallest absolute Gasteiger partial charge is 0.253 e. The van der Waals surface area contributed by atoms with Crippen LogP contribution in [0.1, 0.15) is 28.7 Å². The maximum Gasteiger partial charge on any atom is 0.253 e. The number of hydrogen-bond acceptors (Lipinski definition) is 5. The molecule has 3 aromatic rings. The summed E-state index contributed by atoms with van der Waals surface area (Å²) in [7, 11) is 0. The molecular weight excluding hydrogens is 449 g/mol. The Labute approximate surface area is 199 Å². The zero-order valence-corrected chi connectivity index (χ0v) is 19.8. The van der Waals surface area contributed by atoms with Gasteiger partial charge in [0.15, 0.2) is 0 Å². The van der Waals surface area contributed by atoms with E-state index in [0.29, 0.717) is 42.7 Å². The number of aromatic nitrogens is 1. The fourth-order valence-electron chi connectivity index (χ4n) is 3.68. The lowest BCUT2D eigenvalue weighted by Crippen LogP contribution is -2.48. The summed E-state index contributed by atoms with van der Waals surface area (Å²) < 4.78 is 11.3. The van der Waals surface area contributed by atoms with E-state index in [1.165, 1.54) is 0 Å². The molecule has 0 atom stereocenters. The second-order valence-electron chi connectivity index (χ2n) is 7.56. The normalized spacial score (nSPS) is 14.2. The lowest BCUT2D eigenvalue weighted by Gasteiger charge is -2.34. The van der Waals surface area contributed by atoms with Crippen LogP contribution in [0.3, 0.4) is 0 Å². The summed E-state index contributed by atoms with van der Waals surface area (Å²) >= 11 is 6.09. The number of carbonyl (C=O) groups is 1. The minimum Gasteiger partial charge on any atom is -0.494 e. The highest BCUT2D eigenvalue weighted by Gasteiger charge is 2.24. The molecule has 2 aromatic carbocycles. The second kappa shape index (κ2) is 10.9. The van der Waals surface area contributed by atoms with E-state index in [2.05, 4.69) is 9.88 Å². The number of halogens is 2. The minimum absolute atomic E-state index is 0. The van der Waals surface area contributed by atoms with E-state index in [4.69, 9.17) is 20.8 Å². The van der Waals surface area contributed by atoms with Gasteiger partial charge >= 0.3 is 0 Å². The molecule has 0 N–H and O–H groups in total. The molecule has 0 unspecified atom stereocenters. The van der Waals surface area contributed by atoms with Gasteiger partial charge in [-0.1, -0.05) is 17.7 Å². The lowest BCUT2D eigenvalue weighted by molar-refractivity contribution is 0.0626. The molecule has 6 nitrogen and oxygen atoms in total. The van der Waals surface area contributed by atoms with Crippen LogP contribution in [-0.4, -0.2) is 53.5 Å². The van der Waals surface area contributed by atoms with Crippen LogP contribution in [0.2, 0.25) is 5.02 Å². The zero-order valence-electron chi connectivity index (χ0n) is 18.2. The highest BCUT2D eigenvalue weighted by molar-refractivity contribution is 6.30. The Morgan fingerprint density at radius 3 is 2.50 bits per heavy atom. The Bertz CT molecular complexity index is 1040. The third-order valence-corrected chi connectivity index (χ3v) is 5.64. The number of oxazole rings is 1. The van der Waals surface area contributed by atoms with E-state index in [9.17, 15) is 4.79 Å². The molecule has 1 aliphatic rings. The van der Waals surface area contributed by atoms with Crippen LogP contribution in [0.15, 0.2) is 52.9 Å². The molecule has 0 bridgehead atoms. The molecule has 170 valence electrons. The molecule has 32 heavy (non-hydrogen) atoms. The van der Waals surface area contributed by atoms with Crippen molar-refractivity contribution >= 4 is 29.9 Å². The van der Waals surface area contributed by atoms with Crippen molar-refractivity contribution in [1.82, 2.24) is 14.8 Å². The predicted octanol–water partition coefficient (Wildman–Crippen LogP) is 5.08. The van der Waals surface area contributed by atoms with E-state index < -0.39 is 0 Å². The molecule has 1 saturated heterocycles. The average Bonchev–Trinajstić information content (AvgIpc) is 3.15. The van der Waals surface area contributed by atoms with Crippen LogP contribution < -0.4 is 4.74 Å². The van der Waals surface area contributed by atoms with E-state index in [-0.39, 0.29) is 18.3 Å². The van der Waals surface area contributed by atoms with E-state index in [1.54, 1.807) is 0 Å². The fourth-order valence-corrected chi connectivity index (χ4v) is 3.87. The molecule has 0 spiro atoms. The van der Waals surface area contributed by atoms with E-state index >= 15 is 0 Å². The van der Waals surface area contributed by atoms with Gasteiger partial charge in [0.2, 0.25) is 5.89 Å². The molecule has 4 rings (SSSR count). The average molecular weight is 476 g/mol. The minimum atomic E-state index is 0. The zero-order chi connectivity index (χ0) is 21.8. The van der Waals surface area contributed by atoms with Gasteiger partial charge in [-0.2, -0.15) is 0 Å². The first-order valence-electron chi connectivity index (χ1n) is 10.5. The van der Waals surface area contributed by atoms with Gasteiger partial charge in [-0.25, -0.2) is 4.98 Å². The molecular formula is C24H27Cl2N3O3. The molecule has 1 aliphatic heterocycles. The van der Waals surface area contributed by atoms with E-state index in [0.717, 1.165) is 35.9 Å². The van der Waals surface area contributed by atoms with Crippen molar-refractivity contribution < 1.29 is 13.9 Å². The summed E-state index contributed by atoms with van der Waals surface area (Å²) in [5, 5.41) is 0.656. The first-order valence-corrected chi connectivity index (χ1v) is 10.9. The van der Waals surface area contributed by atoms with Crippen molar-refractivity contribution in [2.45, 2.75) is 20.4 Å². The molecule has 2 heterocycles. The number of benzene rings is 2. The quantitative estimate of drug-likeness (QED) is 0.497. The number of aryl methyl sites for hydroxylation is 1. The van der Waals surface area contributed by atoms with Crippen molar-refractivity contribution in [1.29, 1.82) is 0 Å². The third-order valence-electron chi connectivity index (χ3n) is 5.41. The Morgan fingerprint density at radius 2 is 1.84 bits per heavy atom. The molecule has 8 heteroatoms. The van der Waals surface area contributed by atoms with Gasteiger partial charge in [0.1, 0.15) is 11.5 Å². The second-order valence-corrected chi connectivity index (χ2v) is 7.99. The highest BCUT2D eigenvalue weighted by Crippen LogP contribution is 2.25. The maximum atomic E-state index is 12.8. The van der Waals surface area contributed by atoms with Crippen molar-refractivity contribution in [2.75, 3.05) is 32.8 Å². The van der Waals surface area contributed by atoms with Crippen LogP contribution in [-0.2, 0) is 6.54 Å². The molecule has 1 fully saturated rings.